The minimum absolute atomic E-state index is 0.0725. The van der Waals surface area contributed by atoms with Crippen molar-refractivity contribution >= 4 is 21.9 Å². The third-order valence-corrected chi connectivity index (χ3v) is 2.95. The normalized spacial score (nSPS) is 10.1. The molecule has 1 N–H and O–H groups in total. The first kappa shape index (κ1) is 10.3. The molecule has 0 radical (unpaired) electrons. The number of carboxylic acid groups (broad SMARTS) is 1. The summed E-state index contributed by atoms with van der Waals surface area (Å²) < 4.78 is 0.903. The van der Waals surface area contributed by atoms with E-state index in [0.717, 1.165) is 21.2 Å². The zero-order valence-corrected chi connectivity index (χ0v) is 9.18. The molecule has 0 aromatic heterocycles. The van der Waals surface area contributed by atoms with Gasteiger partial charge in [-0.05, 0) is 25.0 Å². The largest absolute Gasteiger partial charge is 0.481 e. The molecule has 0 fully saturated rings. The van der Waals surface area contributed by atoms with Gasteiger partial charge in [0.15, 0.2) is 0 Å². The Hall–Kier alpha value is -0.830. The van der Waals surface area contributed by atoms with Crippen molar-refractivity contribution in [3.63, 3.8) is 0 Å². The number of carboxylic acids is 1. The Morgan fingerprint density at radius 2 is 2.08 bits per heavy atom. The highest BCUT2D eigenvalue weighted by Crippen LogP contribution is 2.23. The lowest BCUT2D eigenvalue weighted by Gasteiger charge is -2.06. The van der Waals surface area contributed by atoms with Crippen molar-refractivity contribution in [1.82, 2.24) is 0 Å². The predicted molar refractivity (Wildman–Crippen MR) is 55.0 cm³/mol. The third-order valence-electron chi connectivity index (χ3n) is 1.82. The molecule has 0 aliphatic heterocycles. The lowest BCUT2D eigenvalue weighted by molar-refractivity contribution is -0.136. The van der Waals surface area contributed by atoms with Crippen molar-refractivity contribution in [3.05, 3.63) is 33.3 Å². The van der Waals surface area contributed by atoms with Crippen LogP contribution in [0.15, 0.2) is 16.6 Å². The van der Waals surface area contributed by atoms with Gasteiger partial charge < -0.3 is 5.11 Å². The van der Waals surface area contributed by atoms with Crippen LogP contribution in [0.4, 0.5) is 0 Å². The van der Waals surface area contributed by atoms with Crippen molar-refractivity contribution in [1.29, 1.82) is 0 Å². The second-order valence-corrected chi connectivity index (χ2v) is 3.92. The fourth-order valence-corrected chi connectivity index (χ4v) is 1.70. The Kier molecular flexibility index (Phi) is 3.09. The number of aliphatic carboxylic acids is 1. The van der Waals surface area contributed by atoms with Gasteiger partial charge >= 0.3 is 5.97 Å². The number of hydrogen-bond donors (Lipinski definition) is 1. The van der Waals surface area contributed by atoms with Crippen molar-refractivity contribution in [3.8, 4) is 0 Å². The molecule has 0 aliphatic carbocycles. The van der Waals surface area contributed by atoms with Crippen LogP contribution in [0.2, 0.25) is 0 Å². The van der Waals surface area contributed by atoms with Crippen molar-refractivity contribution in [2.45, 2.75) is 20.3 Å². The first-order valence-electron chi connectivity index (χ1n) is 3.98. The number of carbonyl (C=O) groups is 1. The van der Waals surface area contributed by atoms with Crippen LogP contribution >= 0.6 is 15.9 Å². The van der Waals surface area contributed by atoms with Gasteiger partial charge in [0.25, 0.3) is 0 Å². The van der Waals surface area contributed by atoms with E-state index < -0.39 is 5.97 Å². The van der Waals surface area contributed by atoms with E-state index in [1.807, 2.05) is 26.0 Å². The molecule has 0 saturated carbocycles. The van der Waals surface area contributed by atoms with Gasteiger partial charge in [-0.1, -0.05) is 33.6 Å². The van der Waals surface area contributed by atoms with Crippen LogP contribution in [0, 0.1) is 13.8 Å². The fourth-order valence-electron chi connectivity index (χ4n) is 1.33. The highest BCUT2D eigenvalue weighted by molar-refractivity contribution is 9.10. The average molecular weight is 243 g/mol. The van der Waals surface area contributed by atoms with E-state index >= 15 is 0 Å². The SMILES string of the molecule is Cc1cc(C)c(Br)c(CC(=O)O)c1. The van der Waals surface area contributed by atoms with Crippen molar-refractivity contribution in [2.75, 3.05) is 0 Å². The molecule has 0 unspecified atom stereocenters. The quantitative estimate of drug-likeness (QED) is 0.866. The third kappa shape index (κ3) is 2.56. The van der Waals surface area contributed by atoms with Crippen molar-refractivity contribution in [2.24, 2.45) is 0 Å². The molecule has 0 atom stereocenters. The molecule has 13 heavy (non-hydrogen) atoms. The molecule has 0 spiro atoms. The Morgan fingerprint density at radius 1 is 1.46 bits per heavy atom. The van der Waals surface area contributed by atoms with Gasteiger partial charge in [-0.2, -0.15) is 0 Å². The summed E-state index contributed by atoms with van der Waals surface area (Å²) in [6.45, 7) is 3.92. The minimum Gasteiger partial charge on any atom is -0.481 e. The van der Waals surface area contributed by atoms with E-state index in [0.29, 0.717) is 0 Å². The zero-order valence-electron chi connectivity index (χ0n) is 7.60. The molecule has 1 rings (SSSR count). The summed E-state index contributed by atoms with van der Waals surface area (Å²) in [6, 6.07) is 3.92. The van der Waals surface area contributed by atoms with E-state index in [1.165, 1.54) is 0 Å². The Bertz CT molecular complexity index is 345. The maximum absolute atomic E-state index is 10.5. The van der Waals surface area contributed by atoms with Gasteiger partial charge in [0.1, 0.15) is 0 Å². The summed E-state index contributed by atoms with van der Waals surface area (Å²) in [7, 11) is 0. The maximum Gasteiger partial charge on any atom is 0.307 e. The molecule has 1 aromatic rings. The van der Waals surface area contributed by atoms with E-state index in [4.69, 9.17) is 5.11 Å². The topological polar surface area (TPSA) is 37.3 Å². The summed E-state index contributed by atoms with van der Waals surface area (Å²) in [5.74, 6) is -0.800. The van der Waals surface area contributed by atoms with Gasteiger partial charge in [0, 0.05) is 4.47 Å². The lowest BCUT2D eigenvalue weighted by Crippen LogP contribution is -2.02. The second-order valence-electron chi connectivity index (χ2n) is 3.13. The summed E-state index contributed by atoms with van der Waals surface area (Å²) in [4.78, 5) is 10.5. The van der Waals surface area contributed by atoms with Gasteiger partial charge in [-0.25, -0.2) is 0 Å². The Labute approximate surface area is 85.7 Å². The summed E-state index contributed by atoms with van der Waals surface area (Å²) in [5, 5.41) is 8.65. The van der Waals surface area contributed by atoms with Gasteiger partial charge in [-0.3, -0.25) is 4.79 Å². The Balaban J connectivity index is 3.12. The number of benzene rings is 1. The molecule has 0 aliphatic rings. The highest BCUT2D eigenvalue weighted by Gasteiger charge is 2.07. The molecule has 0 saturated heterocycles. The molecule has 0 heterocycles. The van der Waals surface area contributed by atoms with Gasteiger partial charge in [0.05, 0.1) is 6.42 Å². The summed E-state index contributed by atoms with van der Waals surface area (Å²) >= 11 is 3.38. The summed E-state index contributed by atoms with van der Waals surface area (Å²) in [6.07, 6.45) is 0.0725. The highest BCUT2D eigenvalue weighted by atomic mass is 79.9. The van der Waals surface area contributed by atoms with Crippen LogP contribution in [0.1, 0.15) is 16.7 Å². The molecule has 3 heteroatoms. The van der Waals surface area contributed by atoms with E-state index in [9.17, 15) is 4.79 Å². The number of aryl methyl sites for hydroxylation is 2. The standard InChI is InChI=1S/C10H11BrO2/c1-6-3-7(2)10(11)8(4-6)5-9(12)13/h3-4H,5H2,1-2H3,(H,12,13). The fraction of sp³-hybridized carbons (Fsp3) is 0.300. The van der Waals surface area contributed by atoms with Crippen LogP contribution < -0.4 is 0 Å². The molecule has 2 nitrogen and oxygen atoms in total. The van der Waals surface area contributed by atoms with Crippen LogP contribution in [0.5, 0.6) is 0 Å². The maximum atomic E-state index is 10.5. The van der Waals surface area contributed by atoms with E-state index in [1.54, 1.807) is 0 Å². The molecule has 1 aromatic carbocycles. The van der Waals surface area contributed by atoms with E-state index in [-0.39, 0.29) is 6.42 Å². The number of hydrogen-bond acceptors (Lipinski definition) is 1. The minimum atomic E-state index is -0.800. The lowest BCUT2D eigenvalue weighted by atomic mass is 10.1. The van der Waals surface area contributed by atoms with E-state index in [2.05, 4.69) is 15.9 Å². The van der Waals surface area contributed by atoms with Gasteiger partial charge in [0.2, 0.25) is 0 Å². The van der Waals surface area contributed by atoms with Crippen LogP contribution in [0.3, 0.4) is 0 Å². The monoisotopic (exact) mass is 242 g/mol. The Morgan fingerprint density at radius 3 is 2.62 bits per heavy atom. The van der Waals surface area contributed by atoms with Crippen molar-refractivity contribution < 1.29 is 9.90 Å². The number of rotatable bonds is 2. The average Bonchev–Trinajstić information content (AvgIpc) is 1.98. The molecular weight excluding hydrogens is 232 g/mol. The smallest absolute Gasteiger partial charge is 0.307 e. The zero-order chi connectivity index (χ0) is 10.0. The molecule has 70 valence electrons. The predicted octanol–water partition coefficient (Wildman–Crippen LogP) is 2.69. The second kappa shape index (κ2) is 3.92. The molecule has 0 amide bonds. The molecular formula is C10H11BrO2. The number of halogens is 1. The van der Waals surface area contributed by atoms with Crippen LogP contribution in [-0.4, -0.2) is 11.1 Å². The summed E-state index contributed by atoms with van der Waals surface area (Å²) in [5.41, 5.74) is 3.01. The first-order valence-corrected chi connectivity index (χ1v) is 4.77. The first-order chi connectivity index (χ1) is 6.00. The van der Waals surface area contributed by atoms with Crippen LogP contribution in [0.25, 0.3) is 0 Å². The van der Waals surface area contributed by atoms with Crippen LogP contribution in [-0.2, 0) is 11.2 Å². The molecule has 0 bridgehead atoms. The van der Waals surface area contributed by atoms with Gasteiger partial charge in [-0.15, -0.1) is 0 Å².